The SMILES string of the molecule is CCCCCCCCCCCCCC/C=C\CCCCCCCCCCC(=O)NC(CO)C(O)/C=C/CC/C=C/CCCCCCCCCCCCCCCCCC. The van der Waals surface area contributed by atoms with E-state index < -0.39 is 12.1 Å². The number of aliphatic hydroxyl groups excluding tert-OH is 2. The first-order valence-corrected chi connectivity index (χ1v) is 26.2. The molecule has 0 aromatic heterocycles. The van der Waals surface area contributed by atoms with Gasteiger partial charge in [0.25, 0.3) is 0 Å². The molecule has 3 N–H and O–H groups in total. The van der Waals surface area contributed by atoms with Crippen molar-refractivity contribution in [3.05, 3.63) is 36.5 Å². The van der Waals surface area contributed by atoms with Crippen LogP contribution in [0.4, 0.5) is 0 Å². The van der Waals surface area contributed by atoms with Crippen LogP contribution >= 0.6 is 0 Å². The lowest BCUT2D eigenvalue weighted by atomic mass is 10.0. The number of carbonyl (C=O) groups excluding carboxylic acids is 1. The summed E-state index contributed by atoms with van der Waals surface area (Å²) in [7, 11) is 0. The number of unbranched alkanes of at least 4 members (excludes halogenated alkanes) is 37. The molecule has 342 valence electrons. The summed E-state index contributed by atoms with van der Waals surface area (Å²) in [4.78, 5) is 12.4. The molecule has 0 bridgehead atoms. The van der Waals surface area contributed by atoms with E-state index in [9.17, 15) is 15.0 Å². The number of carbonyl (C=O) groups is 1. The monoisotopic (exact) mass is 814 g/mol. The van der Waals surface area contributed by atoms with Gasteiger partial charge >= 0.3 is 0 Å². The summed E-state index contributed by atoms with van der Waals surface area (Å²) in [6.45, 7) is 4.32. The number of rotatable bonds is 48. The average molecular weight is 814 g/mol. The van der Waals surface area contributed by atoms with E-state index in [2.05, 4.69) is 43.5 Å². The number of aliphatic hydroxyl groups is 2. The van der Waals surface area contributed by atoms with Gasteiger partial charge in [0.15, 0.2) is 0 Å². The highest BCUT2D eigenvalue weighted by Gasteiger charge is 2.17. The van der Waals surface area contributed by atoms with Crippen molar-refractivity contribution in [3.8, 4) is 0 Å². The molecule has 4 heteroatoms. The van der Waals surface area contributed by atoms with Crippen molar-refractivity contribution in [2.45, 2.75) is 296 Å². The largest absolute Gasteiger partial charge is 0.394 e. The summed E-state index contributed by atoms with van der Waals surface area (Å²) in [5.74, 6) is -0.0737. The summed E-state index contributed by atoms with van der Waals surface area (Å²) in [6, 6.07) is -0.640. The van der Waals surface area contributed by atoms with Crippen LogP contribution in [-0.4, -0.2) is 34.9 Å². The minimum Gasteiger partial charge on any atom is -0.394 e. The molecule has 0 heterocycles. The predicted molar refractivity (Wildman–Crippen MR) is 258 cm³/mol. The lowest BCUT2D eigenvalue weighted by Gasteiger charge is -2.19. The van der Waals surface area contributed by atoms with E-state index in [1.54, 1.807) is 6.08 Å². The van der Waals surface area contributed by atoms with Gasteiger partial charge in [-0.3, -0.25) is 4.79 Å². The molecule has 0 aromatic rings. The number of amides is 1. The van der Waals surface area contributed by atoms with Crippen molar-refractivity contribution in [3.63, 3.8) is 0 Å². The Bertz CT molecular complexity index is 882. The molecule has 0 spiro atoms. The van der Waals surface area contributed by atoms with Crippen molar-refractivity contribution < 1.29 is 15.0 Å². The Morgan fingerprint density at radius 1 is 0.397 bits per heavy atom. The molecule has 1 amide bonds. The van der Waals surface area contributed by atoms with Gasteiger partial charge in [-0.25, -0.2) is 0 Å². The van der Waals surface area contributed by atoms with E-state index >= 15 is 0 Å². The fourth-order valence-electron chi connectivity index (χ4n) is 8.07. The van der Waals surface area contributed by atoms with Gasteiger partial charge in [-0.15, -0.1) is 0 Å². The van der Waals surface area contributed by atoms with Crippen molar-refractivity contribution >= 4 is 5.91 Å². The first-order chi connectivity index (χ1) is 28.7. The fourth-order valence-corrected chi connectivity index (χ4v) is 8.07. The van der Waals surface area contributed by atoms with E-state index in [1.807, 2.05) is 6.08 Å². The van der Waals surface area contributed by atoms with E-state index in [1.165, 1.54) is 231 Å². The molecular formula is C54H103NO3. The Morgan fingerprint density at radius 2 is 0.672 bits per heavy atom. The Hall–Kier alpha value is -1.39. The van der Waals surface area contributed by atoms with Crippen LogP contribution in [0.1, 0.15) is 284 Å². The zero-order valence-electron chi connectivity index (χ0n) is 39.3. The van der Waals surface area contributed by atoms with Crippen LogP contribution in [0.3, 0.4) is 0 Å². The molecule has 0 aliphatic heterocycles. The van der Waals surface area contributed by atoms with Gasteiger partial charge in [0.1, 0.15) is 0 Å². The second kappa shape index (κ2) is 50.0. The van der Waals surface area contributed by atoms with Crippen molar-refractivity contribution in [2.24, 2.45) is 0 Å². The molecule has 0 aromatic carbocycles. The lowest BCUT2D eigenvalue weighted by Crippen LogP contribution is -2.45. The van der Waals surface area contributed by atoms with Crippen LogP contribution in [0, 0.1) is 0 Å². The summed E-state index contributed by atoms with van der Waals surface area (Å²) in [5.41, 5.74) is 0. The number of hydrogen-bond donors (Lipinski definition) is 3. The van der Waals surface area contributed by atoms with Crippen LogP contribution in [0.15, 0.2) is 36.5 Å². The van der Waals surface area contributed by atoms with Crippen molar-refractivity contribution in [1.82, 2.24) is 5.32 Å². The van der Waals surface area contributed by atoms with Crippen LogP contribution in [-0.2, 0) is 4.79 Å². The van der Waals surface area contributed by atoms with E-state index in [0.29, 0.717) is 6.42 Å². The van der Waals surface area contributed by atoms with Gasteiger partial charge < -0.3 is 15.5 Å². The van der Waals surface area contributed by atoms with Crippen LogP contribution in [0.5, 0.6) is 0 Å². The smallest absolute Gasteiger partial charge is 0.220 e. The quantitative estimate of drug-likeness (QED) is 0.0423. The van der Waals surface area contributed by atoms with Gasteiger partial charge in [0.2, 0.25) is 5.91 Å². The molecule has 0 aliphatic rings. The Balaban J connectivity index is 3.55. The molecule has 2 unspecified atom stereocenters. The van der Waals surface area contributed by atoms with E-state index in [4.69, 9.17) is 0 Å². The lowest BCUT2D eigenvalue weighted by molar-refractivity contribution is -0.123. The standard InChI is InChI=1S/C54H103NO3/c1-3-5-7-9-11-13-15-17-19-21-23-25-27-28-30-32-34-36-38-40-42-44-46-48-50-54(58)55-52(51-56)53(57)49-47-45-43-41-39-37-35-33-31-29-26-24-22-20-18-16-14-12-10-8-6-4-2/h28,30,39,41,47,49,52-53,56-57H,3-27,29,31-38,40,42-46,48,50-51H2,1-2H3,(H,55,58)/b30-28-,41-39+,49-47+. The van der Waals surface area contributed by atoms with Gasteiger partial charge in [-0.05, 0) is 57.8 Å². The van der Waals surface area contributed by atoms with Crippen LogP contribution < -0.4 is 5.32 Å². The third-order valence-electron chi connectivity index (χ3n) is 12.1. The molecular weight excluding hydrogens is 711 g/mol. The summed E-state index contributed by atoms with van der Waals surface area (Å²) >= 11 is 0. The molecule has 2 atom stereocenters. The zero-order chi connectivity index (χ0) is 42.1. The third-order valence-corrected chi connectivity index (χ3v) is 12.1. The maximum atomic E-state index is 12.4. The summed E-state index contributed by atoms with van der Waals surface area (Å²) in [6.07, 6.45) is 67.2. The summed E-state index contributed by atoms with van der Waals surface area (Å²) < 4.78 is 0. The van der Waals surface area contributed by atoms with Gasteiger partial charge in [0, 0.05) is 6.42 Å². The highest BCUT2D eigenvalue weighted by Crippen LogP contribution is 2.16. The van der Waals surface area contributed by atoms with Gasteiger partial charge in [-0.2, -0.15) is 0 Å². The van der Waals surface area contributed by atoms with E-state index in [-0.39, 0.29) is 12.5 Å². The number of nitrogens with one attached hydrogen (secondary N) is 1. The maximum absolute atomic E-state index is 12.4. The van der Waals surface area contributed by atoms with Crippen molar-refractivity contribution in [1.29, 1.82) is 0 Å². The summed E-state index contributed by atoms with van der Waals surface area (Å²) in [5, 5.41) is 23.1. The highest BCUT2D eigenvalue weighted by molar-refractivity contribution is 5.76. The molecule has 4 nitrogen and oxygen atoms in total. The topological polar surface area (TPSA) is 69.6 Å². The minimum absolute atomic E-state index is 0.0737. The normalized spacial score (nSPS) is 13.1. The average Bonchev–Trinajstić information content (AvgIpc) is 3.23. The maximum Gasteiger partial charge on any atom is 0.220 e. The van der Waals surface area contributed by atoms with Crippen LogP contribution in [0.25, 0.3) is 0 Å². The first kappa shape index (κ1) is 56.6. The molecule has 0 aliphatic carbocycles. The first-order valence-electron chi connectivity index (χ1n) is 26.2. The minimum atomic E-state index is -0.863. The second-order valence-corrected chi connectivity index (χ2v) is 17.9. The van der Waals surface area contributed by atoms with Gasteiger partial charge in [0.05, 0.1) is 18.8 Å². The molecule has 0 radical (unpaired) electrons. The molecule has 0 fully saturated rings. The molecule has 0 saturated heterocycles. The highest BCUT2D eigenvalue weighted by atomic mass is 16.3. The van der Waals surface area contributed by atoms with E-state index in [0.717, 1.165) is 32.1 Å². The number of allylic oxidation sites excluding steroid dienone is 5. The number of hydrogen-bond acceptors (Lipinski definition) is 3. The Morgan fingerprint density at radius 3 is 1.00 bits per heavy atom. The Kier molecular flexibility index (Phi) is 48.8. The van der Waals surface area contributed by atoms with Crippen LogP contribution in [0.2, 0.25) is 0 Å². The van der Waals surface area contributed by atoms with Gasteiger partial charge in [-0.1, -0.05) is 256 Å². The predicted octanol–water partition coefficient (Wildman–Crippen LogP) is 16.9. The zero-order valence-corrected chi connectivity index (χ0v) is 39.3. The third kappa shape index (κ3) is 45.7. The van der Waals surface area contributed by atoms with Crippen molar-refractivity contribution in [2.75, 3.05) is 6.61 Å². The molecule has 0 rings (SSSR count). The second-order valence-electron chi connectivity index (χ2n) is 17.9. The molecule has 58 heavy (non-hydrogen) atoms. The fraction of sp³-hybridized carbons (Fsp3) is 0.870. The Labute approximate surface area is 363 Å². The molecule has 0 saturated carbocycles.